The van der Waals surface area contributed by atoms with Crippen molar-refractivity contribution in [1.82, 2.24) is 14.9 Å². The molecule has 0 spiro atoms. The number of nitrogens with zero attached hydrogens (tertiary/aromatic N) is 2. The second-order valence-electron chi connectivity index (χ2n) is 6.41. The van der Waals surface area contributed by atoms with Gasteiger partial charge in [-0.3, -0.25) is 9.52 Å². The zero-order chi connectivity index (χ0) is 20.9. The van der Waals surface area contributed by atoms with Crippen molar-refractivity contribution in [3.05, 3.63) is 78.1 Å². The van der Waals surface area contributed by atoms with E-state index in [4.69, 9.17) is 0 Å². The predicted octanol–water partition coefficient (Wildman–Crippen LogP) is 2.95. The number of nitrogens with one attached hydrogen (secondary N) is 2. The van der Waals surface area contributed by atoms with Gasteiger partial charge >= 0.3 is 0 Å². The zero-order valence-electron chi connectivity index (χ0n) is 15.8. The minimum absolute atomic E-state index is 0.0474. The number of hydrogen-bond donors (Lipinski definition) is 2. The van der Waals surface area contributed by atoms with Gasteiger partial charge in [-0.1, -0.05) is 0 Å². The molecule has 29 heavy (non-hydrogen) atoms. The number of anilines is 1. The van der Waals surface area contributed by atoms with E-state index in [0.717, 1.165) is 30.9 Å². The van der Waals surface area contributed by atoms with Crippen LogP contribution in [0.5, 0.6) is 0 Å². The number of hydrogen-bond acceptors (Lipinski definition) is 4. The number of aryl methyl sites for hydroxylation is 2. The summed E-state index contributed by atoms with van der Waals surface area (Å²) in [5.41, 5.74) is 0.731. The second-order valence-corrected chi connectivity index (χ2v) is 8.10. The van der Waals surface area contributed by atoms with Crippen molar-refractivity contribution in [2.24, 2.45) is 0 Å². The maximum Gasteiger partial charge on any atom is 0.261 e. The topological polar surface area (TPSA) is 93.1 Å². The van der Waals surface area contributed by atoms with Gasteiger partial charge in [0, 0.05) is 36.7 Å². The lowest BCUT2D eigenvalue weighted by Gasteiger charge is -2.10. The van der Waals surface area contributed by atoms with Gasteiger partial charge in [-0.05, 0) is 61.9 Å². The normalized spacial score (nSPS) is 11.2. The smallest absolute Gasteiger partial charge is 0.261 e. The lowest BCUT2D eigenvalue weighted by molar-refractivity contribution is 0.0952. The van der Waals surface area contributed by atoms with Crippen LogP contribution in [-0.2, 0) is 16.6 Å². The van der Waals surface area contributed by atoms with Gasteiger partial charge in [-0.15, -0.1) is 0 Å². The average molecular weight is 416 g/mol. The molecule has 7 nitrogen and oxygen atoms in total. The van der Waals surface area contributed by atoms with Gasteiger partial charge in [-0.2, -0.15) is 0 Å². The van der Waals surface area contributed by atoms with Gasteiger partial charge in [0.05, 0.1) is 4.90 Å². The first-order chi connectivity index (χ1) is 13.8. The summed E-state index contributed by atoms with van der Waals surface area (Å²) >= 11 is 0. The molecule has 0 radical (unpaired) electrons. The molecule has 1 heterocycles. The highest BCUT2D eigenvalue weighted by Crippen LogP contribution is 2.17. The SMILES string of the molecule is Cc1nccn1CCCNC(=O)c1ccc(NS(=O)(=O)c2ccc(F)cc2)cc1. The van der Waals surface area contributed by atoms with E-state index >= 15 is 0 Å². The van der Waals surface area contributed by atoms with Crippen LogP contribution in [-0.4, -0.2) is 30.4 Å². The first-order valence-electron chi connectivity index (χ1n) is 8.99. The summed E-state index contributed by atoms with van der Waals surface area (Å²) in [5.74, 6) is 0.176. The number of carbonyl (C=O) groups excluding carboxylic acids is 1. The van der Waals surface area contributed by atoms with E-state index in [9.17, 15) is 17.6 Å². The monoisotopic (exact) mass is 416 g/mol. The summed E-state index contributed by atoms with van der Waals surface area (Å²) in [6, 6.07) is 10.6. The van der Waals surface area contributed by atoms with E-state index < -0.39 is 15.8 Å². The van der Waals surface area contributed by atoms with Crippen LogP contribution in [0.2, 0.25) is 0 Å². The largest absolute Gasteiger partial charge is 0.352 e. The Bertz CT molecular complexity index is 1080. The zero-order valence-corrected chi connectivity index (χ0v) is 16.6. The van der Waals surface area contributed by atoms with E-state index in [1.165, 1.54) is 36.4 Å². The van der Waals surface area contributed by atoms with Crippen molar-refractivity contribution in [3.63, 3.8) is 0 Å². The molecule has 2 aromatic carbocycles. The van der Waals surface area contributed by atoms with E-state index in [0.29, 0.717) is 17.8 Å². The average Bonchev–Trinajstić information content (AvgIpc) is 3.10. The summed E-state index contributed by atoms with van der Waals surface area (Å²) in [5, 5.41) is 2.83. The second kappa shape index (κ2) is 8.87. The number of carbonyl (C=O) groups is 1. The van der Waals surface area contributed by atoms with Crippen LogP contribution >= 0.6 is 0 Å². The third kappa shape index (κ3) is 5.41. The van der Waals surface area contributed by atoms with Crippen LogP contribution in [0, 0.1) is 12.7 Å². The maximum atomic E-state index is 13.0. The number of imidazole rings is 1. The molecule has 9 heteroatoms. The third-order valence-corrected chi connectivity index (χ3v) is 5.71. The Labute approximate surface area is 168 Å². The van der Waals surface area contributed by atoms with Crippen molar-refractivity contribution in [2.75, 3.05) is 11.3 Å². The highest BCUT2D eigenvalue weighted by atomic mass is 32.2. The lowest BCUT2D eigenvalue weighted by atomic mass is 10.2. The van der Waals surface area contributed by atoms with Crippen molar-refractivity contribution in [3.8, 4) is 0 Å². The van der Waals surface area contributed by atoms with Crippen molar-refractivity contribution in [2.45, 2.75) is 24.8 Å². The Hall–Kier alpha value is -3.20. The van der Waals surface area contributed by atoms with Crippen LogP contribution in [0.4, 0.5) is 10.1 Å². The molecule has 0 bridgehead atoms. The maximum absolute atomic E-state index is 13.0. The molecule has 0 atom stereocenters. The molecule has 3 aromatic rings. The minimum Gasteiger partial charge on any atom is -0.352 e. The molecule has 2 N–H and O–H groups in total. The number of sulfonamides is 1. The van der Waals surface area contributed by atoms with Gasteiger partial charge in [0.2, 0.25) is 0 Å². The van der Waals surface area contributed by atoms with Gasteiger partial charge in [0.1, 0.15) is 11.6 Å². The number of amides is 1. The number of rotatable bonds is 8. The summed E-state index contributed by atoms with van der Waals surface area (Å²) < 4.78 is 42.0. The van der Waals surface area contributed by atoms with Crippen LogP contribution in [0.15, 0.2) is 65.8 Å². The number of benzene rings is 2. The molecule has 152 valence electrons. The highest BCUT2D eigenvalue weighted by molar-refractivity contribution is 7.92. The van der Waals surface area contributed by atoms with Gasteiger partial charge in [0.25, 0.3) is 15.9 Å². The molecule has 0 aliphatic carbocycles. The van der Waals surface area contributed by atoms with Gasteiger partial charge in [-0.25, -0.2) is 17.8 Å². The Balaban J connectivity index is 1.53. The molecule has 0 aliphatic heterocycles. The summed E-state index contributed by atoms with van der Waals surface area (Å²) in [4.78, 5) is 16.3. The lowest BCUT2D eigenvalue weighted by Crippen LogP contribution is -2.25. The standard InChI is InChI=1S/C20H21FN4O3S/c1-15-22-12-14-25(15)13-2-11-23-20(26)16-3-7-18(8-4-16)24-29(27,28)19-9-5-17(21)6-10-19/h3-10,12,14,24H,2,11,13H2,1H3,(H,23,26). The fourth-order valence-electron chi connectivity index (χ4n) is 2.71. The minimum atomic E-state index is -3.83. The number of aromatic nitrogens is 2. The van der Waals surface area contributed by atoms with Gasteiger partial charge < -0.3 is 9.88 Å². The van der Waals surface area contributed by atoms with Crippen molar-refractivity contribution < 1.29 is 17.6 Å². The molecule has 1 aromatic heterocycles. The summed E-state index contributed by atoms with van der Waals surface area (Å²) in [7, 11) is -3.83. The Morgan fingerprint density at radius 1 is 1.10 bits per heavy atom. The quantitative estimate of drug-likeness (QED) is 0.552. The molecular formula is C20H21FN4O3S. The van der Waals surface area contributed by atoms with Gasteiger partial charge in [0.15, 0.2) is 0 Å². The molecule has 1 amide bonds. The Kier molecular flexibility index (Phi) is 6.28. The predicted molar refractivity (Wildman–Crippen MR) is 108 cm³/mol. The van der Waals surface area contributed by atoms with Crippen molar-refractivity contribution >= 4 is 21.6 Å². The molecule has 0 saturated carbocycles. The summed E-state index contributed by atoms with van der Waals surface area (Å²) in [6.45, 7) is 3.19. The molecular weight excluding hydrogens is 395 g/mol. The van der Waals surface area contributed by atoms with Crippen LogP contribution in [0.1, 0.15) is 22.6 Å². The molecule has 0 fully saturated rings. The first kappa shape index (κ1) is 20.5. The van der Waals surface area contributed by atoms with Crippen LogP contribution < -0.4 is 10.0 Å². The van der Waals surface area contributed by atoms with E-state index in [1.54, 1.807) is 6.20 Å². The molecule has 0 aliphatic rings. The summed E-state index contributed by atoms with van der Waals surface area (Å²) in [6.07, 6.45) is 4.39. The van der Waals surface area contributed by atoms with Crippen LogP contribution in [0.25, 0.3) is 0 Å². The first-order valence-corrected chi connectivity index (χ1v) is 10.5. The third-order valence-electron chi connectivity index (χ3n) is 4.31. The number of halogens is 1. The highest BCUT2D eigenvalue weighted by Gasteiger charge is 2.14. The van der Waals surface area contributed by atoms with E-state index in [2.05, 4.69) is 15.0 Å². The molecule has 3 rings (SSSR count). The Morgan fingerprint density at radius 3 is 2.41 bits per heavy atom. The fourth-order valence-corrected chi connectivity index (χ4v) is 3.77. The van der Waals surface area contributed by atoms with E-state index in [-0.39, 0.29) is 10.8 Å². The molecule has 0 unspecified atom stereocenters. The fraction of sp³-hybridized carbons (Fsp3) is 0.200. The van der Waals surface area contributed by atoms with Crippen LogP contribution in [0.3, 0.4) is 0 Å². The van der Waals surface area contributed by atoms with E-state index in [1.807, 2.05) is 17.7 Å². The van der Waals surface area contributed by atoms with Crippen molar-refractivity contribution in [1.29, 1.82) is 0 Å². The molecule has 0 saturated heterocycles. The Morgan fingerprint density at radius 2 is 1.79 bits per heavy atom.